The molecule has 2 atom stereocenters. The van der Waals surface area contributed by atoms with Gasteiger partial charge in [-0.25, -0.2) is 0 Å². The van der Waals surface area contributed by atoms with Crippen LogP contribution in [0.2, 0.25) is 0 Å². The number of rotatable bonds is 5. The van der Waals surface area contributed by atoms with Crippen LogP contribution in [0.15, 0.2) is 18.2 Å². The number of carbonyl (C=O) groups excluding carboxylic acids is 3. The van der Waals surface area contributed by atoms with Gasteiger partial charge in [-0.1, -0.05) is 6.07 Å². The highest BCUT2D eigenvalue weighted by Crippen LogP contribution is 2.30. The number of phenols is 2. The van der Waals surface area contributed by atoms with Gasteiger partial charge in [0, 0.05) is 12.5 Å². The second-order valence-electron chi connectivity index (χ2n) is 5.12. The van der Waals surface area contributed by atoms with E-state index >= 15 is 0 Å². The molecule has 0 spiro atoms. The molecule has 5 N–H and O–H groups in total. The molecule has 1 aliphatic rings. The zero-order valence-electron chi connectivity index (χ0n) is 11.6. The number of primary amides is 1. The first kappa shape index (κ1) is 15.8. The molecule has 0 aliphatic carbocycles. The molecule has 1 saturated heterocycles. The second-order valence-corrected chi connectivity index (χ2v) is 5.12. The normalized spacial score (nSPS) is 19.5. The molecule has 0 aromatic heterocycles. The van der Waals surface area contributed by atoms with Crippen LogP contribution in [0.4, 0.5) is 0 Å². The lowest BCUT2D eigenvalue weighted by Crippen LogP contribution is -2.50. The third-order valence-corrected chi connectivity index (χ3v) is 3.62. The maximum Gasteiger partial charge on any atom is 0.243 e. The van der Waals surface area contributed by atoms with E-state index in [0.717, 1.165) is 6.07 Å². The molecular formula is C14H16N2O6. The number of amides is 3. The Morgan fingerprint density at radius 1 is 1.36 bits per heavy atom. The van der Waals surface area contributed by atoms with Gasteiger partial charge in [-0.3, -0.25) is 19.3 Å². The Labute approximate surface area is 125 Å². The molecule has 2 unspecified atom stereocenters. The Bertz CT molecular complexity index is 630. The molecular weight excluding hydrogens is 292 g/mol. The van der Waals surface area contributed by atoms with Gasteiger partial charge in [-0.2, -0.15) is 0 Å². The first-order valence-corrected chi connectivity index (χ1v) is 6.62. The predicted octanol–water partition coefficient (Wildman–Crippen LogP) is -1.14. The van der Waals surface area contributed by atoms with Crippen LogP contribution in [0.5, 0.6) is 11.5 Å². The third-order valence-electron chi connectivity index (χ3n) is 3.62. The van der Waals surface area contributed by atoms with Crippen LogP contribution in [-0.4, -0.2) is 50.6 Å². The van der Waals surface area contributed by atoms with Crippen LogP contribution < -0.4 is 5.73 Å². The Morgan fingerprint density at radius 2 is 2.05 bits per heavy atom. The average molecular weight is 308 g/mol. The van der Waals surface area contributed by atoms with E-state index in [1.54, 1.807) is 0 Å². The molecule has 8 heteroatoms. The summed E-state index contributed by atoms with van der Waals surface area (Å²) in [7, 11) is 0. The van der Waals surface area contributed by atoms with Gasteiger partial charge in [0.25, 0.3) is 0 Å². The number of likely N-dealkylation sites (tertiary alicyclic amines) is 1. The topological polar surface area (TPSA) is 141 Å². The summed E-state index contributed by atoms with van der Waals surface area (Å²) in [5.41, 5.74) is 5.47. The summed E-state index contributed by atoms with van der Waals surface area (Å²) >= 11 is 0. The zero-order valence-corrected chi connectivity index (χ0v) is 11.6. The fraction of sp³-hybridized carbons (Fsp3) is 0.357. The summed E-state index contributed by atoms with van der Waals surface area (Å²) in [5.74, 6) is -3.23. The highest BCUT2D eigenvalue weighted by molar-refractivity contribution is 6.06. The van der Waals surface area contributed by atoms with E-state index in [9.17, 15) is 24.6 Å². The number of aromatic hydroxyl groups is 2. The fourth-order valence-corrected chi connectivity index (χ4v) is 2.49. The molecule has 1 aromatic carbocycles. The van der Waals surface area contributed by atoms with E-state index in [1.165, 1.54) is 12.1 Å². The standard InChI is InChI=1S/C14H16N2O6/c15-13(21)10(6-17)16-12(20)4-8(14(16)22)3-7-1-2-9(18)5-11(7)19/h1-2,5,8,10,17-19H,3-4,6H2,(H2,15,21). The monoisotopic (exact) mass is 308 g/mol. The van der Waals surface area contributed by atoms with Gasteiger partial charge in [-0.15, -0.1) is 0 Å². The predicted molar refractivity (Wildman–Crippen MR) is 73.5 cm³/mol. The number of phenolic OH excluding ortho intramolecular Hbond substituents is 2. The van der Waals surface area contributed by atoms with E-state index in [2.05, 4.69) is 0 Å². The summed E-state index contributed by atoms with van der Waals surface area (Å²) in [6, 6.07) is 2.56. The van der Waals surface area contributed by atoms with Crippen LogP contribution >= 0.6 is 0 Å². The van der Waals surface area contributed by atoms with Gasteiger partial charge in [0.2, 0.25) is 17.7 Å². The van der Waals surface area contributed by atoms with Crippen LogP contribution in [0.3, 0.4) is 0 Å². The van der Waals surface area contributed by atoms with E-state index in [1.807, 2.05) is 0 Å². The molecule has 1 aromatic rings. The summed E-state index contributed by atoms with van der Waals surface area (Å²) in [6.07, 6.45) is -0.0625. The maximum atomic E-state index is 12.3. The number of nitrogens with two attached hydrogens (primary N) is 1. The highest BCUT2D eigenvalue weighted by atomic mass is 16.3. The molecule has 1 fully saturated rings. The number of aliphatic hydroxyl groups excluding tert-OH is 1. The minimum absolute atomic E-state index is 0.0735. The number of hydrogen-bond acceptors (Lipinski definition) is 6. The summed E-state index contributed by atoms with van der Waals surface area (Å²) in [5, 5.41) is 28.1. The molecule has 8 nitrogen and oxygen atoms in total. The lowest BCUT2D eigenvalue weighted by Gasteiger charge is -2.21. The Kier molecular flexibility index (Phi) is 4.32. The van der Waals surface area contributed by atoms with Crippen molar-refractivity contribution in [3.63, 3.8) is 0 Å². The molecule has 1 aliphatic heterocycles. The van der Waals surface area contributed by atoms with E-state index in [4.69, 9.17) is 10.8 Å². The Balaban J connectivity index is 2.19. The SMILES string of the molecule is NC(=O)C(CO)N1C(=O)CC(Cc2ccc(O)cc2O)C1=O. The van der Waals surface area contributed by atoms with Crippen molar-refractivity contribution in [2.75, 3.05) is 6.61 Å². The Morgan fingerprint density at radius 3 is 2.59 bits per heavy atom. The highest BCUT2D eigenvalue weighted by Gasteiger charge is 2.44. The van der Waals surface area contributed by atoms with Gasteiger partial charge in [0.1, 0.15) is 17.5 Å². The number of imide groups is 1. The average Bonchev–Trinajstić information content (AvgIpc) is 2.70. The van der Waals surface area contributed by atoms with Crippen molar-refractivity contribution < 1.29 is 29.7 Å². The van der Waals surface area contributed by atoms with E-state index < -0.39 is 36.3 Å². The smallest absolute Gasteiger partial charge is 0.243 e. The fourth-order valence-electron chi connectivity index (χ4n) is 2.49. The first-order chi connectivity index (χ1) is 10.3. The van der Waals surface area contributed by atoms with Crippen molar-refractivity contribution in [1.82, 2.24) is 4.90 Å². The van der Waals surface area contributed by atoms with Gasteiger partial charge in [0.15, 0.2) is 0 Å². The zero-order chi connectivity index (χ0) is 16.4. The summed E-state index contributed by atoms with van der Waals surface area (Å²) in [6.45, 7) is -0.732. The molecule has 0 bridgehead atoms. The van der Waals surface area contributed by atoms with Crippen molar-refractivity contribution >= 4 is 17.7 Å². The number of benzene rings is 1. The van der Waals surface area contributed by atoms with Crippen molar-refractivity contribution in [2.45, 2.75) is 18.9 Å². The lowest BCUT2D eigenvalue weighted by atomic mass is 9.97. The van der Waals surface area contributed by atoms with Crippen LogP contribution in [0, 0.1) is 5.92 Å². The number of carbonyl (C=O) groups is 3. The van der Waals surface area contributed by atoms with Crippen LogP contribution in [0.25, 0.3) is 0 Å². The van der Waals surface area contributed by atoms with Gasteiger partial charge < -0.3 is 21.1 Å². The number of hydrogen-bond donors (Lipinski definition) is 4. The molecule has 0 saturated carbocycles. The largest absolute Gasteiger partial charge is 0.508 e. The first-order valence-electron chi connectivity index (χ1n) is 6.62. The van der Waals surface area contributed by atoms with Crippen molar-refractivity contribution in [3.8, 4) is 11.5 Å². The molecule has 1 heterocycles. The number of aliphatic hydroxyl groups is 1. The molecule has 2 rings (SSSR count). The summed E-state index contributed by atoms with van der Waals surface area (Å²) < 4.78 is 0. The van der Waals surface area contributed by atoms with Crippen molar-refractivity contribution in [1.29, 1.82) is 0 Å². The summed E-state index contributed by atoms with van der Waals surface area (Å²) in [4.78, 5) is 36.1. The van der Waals surface area contributed by atoms with Crippen molar-refractivity contribution in [2.24, 2.45) is 11.7 Å². The molecule has 0 radical (unpaired) electrons. The van der Waals surface area contributed by atoms with Crippen molar-refractivity contribution in [3.05, 3.63) is 23.8 Å². The van der Waals surface area contributed by atoms with Gasteiger partial charge in [0.05, 0.1) is 12.5 Å². The Hall–Kier alpha value is -2.61. The van der Waals surface area contributed by atoms with E-state index in [-0.39, 0.29) is 24.3 Å². The third kappa shape index (κ3) is 2.86. The second kappa shape index (κ2) is 6.02. The van der Waals surface area contributed by atoms with Crippen LogP contribution in [0.1, 0.15) is 12.0 Å². The minimum Gasteiger partial charge on any atom is -0.508 e. The number of nitrogens with zero attached hydrogens (tertiary/aromatic N) is 1. The maximum absolute atomic E-state index is 12.3. The van der Waals surface area contributed by atoms with E-state index in [0.29, 0.717) is 10.5 Å². The molecule has 3 amide bonds. The molecule has 118 valence electrons. The van der Waals surface area contributed by atoms with Crippen LogP contribution in [-0.2, 0) is 20.8 Å². The lowest BCUT2D eigenvalue weighted by molar-refractivity contribution is -0.148. The minimum atomic E-state index is -1.38. The quantitative estimate of drug-likeness (QED) is 0.507. The van der Waals surface area contributed by atoms with Gasteiger partial charge >= 0.3 is 0 Å². The van der Waals surface area contributed by atoms with Gasteiger partial charge in [-0.05, 0) is 18.1 Å². The molecule has 22 heavy (non-hydrogen) atoms.